The number of sulfonamides is 1. The van der Waals surface area contributed by atoms with Gasteiger partial charge in [0.1, 0.15) is 0 Å². The molecule has 1 N–H and O–H groups in total. The van der Waals surface area contributed by atoms with Crippen molar-refractivity contribution in [2.45, 2.75) is 12.8 Å². The van der Waals surface area contributed by atoms with E-state index in [9.17, 15) is 8.42 Å². The summed E-state index contributed by atoms with van der Waals surface area (Å²) in [5, 5.41) is 3.15. The molecule has 1 aliphatic rings. The maximum absolute atomic E-state index is 11.3. The van der Waals surface area contributed by atoms with Gasteiger partial charge in [-0.2, -0.15) is 0 Å². The third kappa shape index (κ3) is 4.06. The molecule has 0 aromatic carbocycles. The molecule has 5 heteroatoms. The van der Waals surface area contributed by atoms with Gasteiger partial charge in [-0.05, 0) is 25.3 Å². The van der Waals surface area contributed by atoms with Crippen LogP contribution in [0.5, 0.6) is 0 Å². The second-order valence-corrected chi connectivity index (χ2v) is 6.05. The molecular formula is C8H18N2O2S. The first-order chi connectivity index (χ1) is 6.02. The maximum Gasteiger partial charge on any atom is 0.214 e. The predicted molar refractivity (Wildman–Crippen MR) is 53.1 cm³/mol. The van der Waals surface area contributed by atoms with E-state index in [-0.39, 0.29) is 5.75 Å². The Morgan fingerprint density at radius 2 is 2.00 bits per heavy atom. The lowest BCUT2D eigenvalue weighted by Crippen LogP contribution is -2.31. The summed E-state index contributed by atoms with van der Waals surface area (Å²) in [5.74, 6) is 1.01. The van der Waals surface area contributed by atoms with Crippen molar-refractivity contribution in [2.24, 2.45) is 5.92 Å². The van der Waals surface area contributed by atoms with Crippen molar-refractivity contribution in [3.8, 4) is 0 Å². The summed E-state index contributed by atoms with van der Waals surface area (Å²) >= 11 is 0. The summed E-state index contributed by atoms with van der Waals surface area (Å²) in [6.45, 7) is 1.54. The van der Waals surface area contributed by atoms with Crippen LogP contribution in [0, 0.1) is 5.92 Å². The Morgan fingerprint density at radius 3 is 2.46 bits per heavy atom. The Balaban J connectivity index is 2.09. The molecule has 1 fully saturated rings. The summed E-state index contributed by atoms with van der Waals surface area (Å²) in [5.41, 5.74) is 0. The predicted octanol–water partition coefficient (Wildman–Crippen LogP) is -0.123. The molecule has 0 atom stereocenters. The van der Waals surface area contributed by atoms with E-state index in [2.05, 4.69) is 5.32 Å². The van der Waals surface area contributed by atoms with E-state index < -0.39 is 10.0 Å². The fraction of sp³-hybridized carbons (Fsp3) is 1.00. The molecule has 13 heavy (non-hydrogen) atoms. The van der Waals surface area contributed by atoms with E-state index in [0.29, 0.717) is 6.54 Å². The number of hydrogen-bond donors (Lipinski definition) is 1. The van der Waals surface area contributed by atoms with Crippen LogP contribution in [-0.2, 0) is 10.0 Å². The van der Waals surface area contributed by atoms with Crippen LogP contribution in [0.2, 0.25) is 0 Å². The summed E-state index contributed by atoms with van der Waals surface area (Å²) < 4.78 is 23.8. The molecule has 4 nitrogen and oxygen atoms in total. The Morgan fingerprint density at radius 1 is 1.38 bits per heavy atom. The van der Waals surface area contributed by atoms with E-state index in [1.165, 1.54) is 17.1 Å². The van der Waals surface area contributed by atoms with E-state index in [0.717, 1.165) is 12.5 Å². The molecule has 78 valence electrons. The molecule has 0 amide bonds. The van der Waals surface area contributed by atoms with Crippen molar-refractivity contribution < 1.29 is 8.42 Å². The van der Waals surface area contributed by atoms with Gasteiger partial charge in [0.05, 0.1) is 5.75 Å². The summed E-state index contributed by atoms with van der Waals surface area (Å²) in [7, 11) is 0.126. The van der Waals surface area contributed by atoms with Gasteiger partial charge in [-0.1, -0.05) is 0 Å². The molecule has 1 aliphatic carbocycles. The average molecular weight is 206 g/mol. The van der Waals surface area contributed by atoms with Gasteiger partial charge in [0, 0.05) is 20.6 Å². The van der Waals surface area contributed by atoms with Gasteiger partial charge in [0.15, 0.2) is 0 Å². The minimum Gasteiger partial charge on any atom is -0.315 e. The van der Waals surface area contributed by atoms with E-state index >= 15 is 0 Å². The molecular weight excluding hydrogens is 188 g/mol. The number of nitrogens with one attached hydrogen (secondary N) is 1. The second-order valence-electron chi connectivity index (χ2n) is 3.75. The van der Waals surface area contributed by atoms with Gasteiger partial charge in [0.2, 0.25) is 10.0 Å². The highest BCUT2D eigenvalue weighted by atomic mass is 32.2. The van der Waals surface area contributed by atoms with E-state index in [1.54, 1.807) is 14.1 Å². The van der Waals surface area contributed by atoms with Crippen molar-refractivity contribution in [1.29, 1.82) is 0 Å². The van der Waals surface area contributed by atoms with Crippen molar-refractivity contribution in [3.05, 3.63) is 0 Å². The number of hydrogen-bond acceptors (Lipinski definition) is 3. The van der Waals surface area contributed by atoms with Crippen molar-refractivity contribution in [2.75, 3.05) is 32.9 Å². The SMILES string of the molecule is CN(C)S(=O)(=O)CCNCC1CC1. The number of rotatable bonds is 6. The van der Waals surface area contributed by atoms with Crippen molar-refractivity contribution in [1.82, 2.24) is 9.62 Å². The van der Waals surface area contributed by atoms with Gasteiger partial charge in [-0.25, -0.2) is 12.7 Å². The normalized spacial score (nSPS) is 18.1. The zero-order valence-corrected chi connectivity index (χ0v) is 9.10. The molecule has 0 aromatic heterocycles. The first-order valence-electron chi connectivity index (χ1n) is 4.63. The van der Waals surface area contributed by atoms with Crippen molar-refractivity contribution in [3.63, 3.8) is 0 Å². The highest BCUT2D eigenvalue weighted by Gasteiger charge is 2.20. The quantitative estimate of drug-likeness (QED) is 0.616. The lowest BCUT2D eigenvalue weighted by Gasteiger charge is -2.11. The maximum atomic E-state index is 11.3. The molecule has 0 bridgehead atoms. The van der Waals surface area contributed by atoms with Crippen LogP contribution in [0.1, 0.15) is 12.8 Å². The third-order valence-electron chi connectivity index (χ3n) is 2.22. The van der Waals surface area contributed by atoms with E-state index in [4.69, 9.17) is 0 Å². The van der Waals surface area contributed by atoms with Crippen LogP contribution in [0.3, 0.4) is 0 Å². The lowest BCUT2D eigenvalue weighted by atomic mass is 10.4. The van der Waals surface area contributed by atoms with Crippen LogP contribution < -0.4 is 5.32 Å². The van der Waals surface area contributed by atoms with Gasteiger partial charge in [-0.3, -0.25) is 0 Å². The second kappa shape index (κ2) is 4.39. The minimum atomic E-state index is -3.00. The van der Waals surface area contributed by atoms with E-state index in [1.807, 2.05) is 0 Å². The molecule has 0 aliphatic heterocycles. The summed E-state index contributed by atoms with van der Waals surface area (Å²) in [6, 6.07) is 0. The standard InChI is InChI=1S/C8H18N2O2S/c1-10(2)13(11,12)6-5-9-7-8-3-4-8/h8-9H,3-7H2,1-2H3. The van der Waals surface area contributed by atoms with Crippen LogP contribution in [0.15, 0.2) is 0 Å². The first kappa shape index (κ1) is 10.9. The van der Waals surface area contributed by atoms with Gasteiger partial charge >= 0.3 is 0 Å². The summed E-state index contributed by atoms with van der Waals surface area (Å²) in [6.07, 6.45) is 2.60. The summed E-state index contributed by atoms with van der Waals surface area (Å²) in [4.78, 5) is 0. The Bertz CT molecular complexity index is 245. The Labute approximate surface area is 80.4 Å². The van der Waals surface area contributed by atoms with Gasteiger partial charge in [0.25, 0.3) is 0 Å². The third-order valence-corrected chi connectivity index (χ3v) is 4.06. The topological polar surface area (TPSA) is 49.4 Å². The molecule has 0 unspecified atom stereocenters. The lowest BCUT2D eigenvalue weighted by molar-refractivity contribution is 0.516. The molecule has 1 rings (SSSR count). The highest BCUT2D eigenvalue weighted by molar-refractivity contribution is 7.89. The van der Waals surface area contributed by atoms with Crippen LogP contribution in [-0.4, -0.2) is 45.7 Å². The Hall–Kier alpha value is -0.130. The van der Waals surface area contributed by atoms with Gasteiger partial charge in [-0.15, -0.1) is 0 Å². The first-order valence-corrected chi connectivity index (χ1v) is 6.24. The number of nitrogens with zero attached hydrogens (tertiary/aromatic N) is 1. The largest absolute Gasteiger partial charge is 0.315 e. The zero-order chi connectivity index (χ0) is 9.90. The average Bonchev–Trinajstić information content (AvgIpc) is 2.81. The molecule has 0 spiro atoms. The highest BCUT2D eigenvalue weighted by Crippen LogP contribution is 2.27. The molecule has 0 heterocycles. The fourth-order valence-electron chi connectivity index (χ4n) is 1.01. The molecule has 0 radical (unpaired) electrons. The minimum absolute atomic E-state index is 0.201. The fourth-order valence-corrected chi connectivity index (χ4v) is 1.78. The van der Waals surface area contributed by atoms with Crippen LogP contribution >= 0.6 is 0 Å². The molecule has 1 saturated carbocycles. The monoisotopic (exact) mass is 206 g/mol. The smallest absolute Gasteiger partial charge is 0.214 e. The molecule has 0 saturated heterocycles. The van der Waals surface area contributed by atoms with Crippen LogP contribution in [0.25, 0.3) is 0 Å². The molecule has 0 aromatic rings. The van der Waals surface area contributed by atoms with Crippen molar-refractivity contribution >= 4 is 10.0 Å². The zero-order valence-electron chi connectivity index (χ0n) is 8.28. The Kier molecular flexibility index (Phi) is 3.70. The van der Waals surface area contributed by atoms with Gasteiger partial charge < -0.3 is 5.32 Å². The van der Waals surface area contributed by atoms with Crippen LogP contribution in [0.4, 0.5) is 0 Å².